The largest absolute Gasteiger partial charge is 0.441 e. The van der Waals surface area contributed by atoms with Crippen LogP contribution in [0.2, 0.25) is 0 Å². The van der Waals surface area contributed by atoms with Gasteiger partial charge in [-0.1, -0.05) is 25.6 Å². The van der Waals surface area contributed by atoms with Gasteiger partial charge in [-0.15, -0.1) is 0 Å². The predicted octanol–water partition coefficient (Wildman–Crippen LogP) is 3.26. The minimum atomic E-state index is -4.08. The van der Waals surface area contributed by atoms with Gasteiger partial charge < -0.3 is 5.32 Å². The van der Waals surface area contributed by atoms with E-state index in [1.807, 2.05) is 7.05 Å². The summed E-state index contributed by atoms with van der Waals surface area (Å²) >= 11 is 0.0700. The predicted molar refractivity (Wildman–Crippen MR) is 55.4 cm³/mol. The second kappa shape index (κ2) is 6.56. The molecule has 1 N–H and O–H groups in total. The molecule has 86 valence electrons. The van der Waals surface area contributed by atoms with Crippen molar-refractivity contribution in [3.63, 3.8) is 0 Å². The first-order valence-electron chi connectivity index (χ1n) is 4.74. The molecule has 0 fully saturated rings. The zero-order valence-electron chi connectivity index (χ0n) is 8.82. The van der Waals surface area contributed by atoms with Crippen molar-refractivity contribution in [2.45, 2.75) is 38.2 Å². The number of rotatable bonds is 6. The Hall–Kier alpha value is 0.100. The van der Waals surface area contributed by atoms with Crippen LogP contribution in [0.25, 0.3) is 0 Å². The van der Waals surface area contributed by atoms with Gasteiger partial charge in [-0.2, -0.15) is 13.2 Å². The van der Waals surface area contributed by atoms with Gasteiger partial charge in [0.05, 0.1) is 0 Å². The van der Waals surface area contributed by atoms with Gasteiger partial charge in [0.25, 0.3) is 0 Å². The van der Waals surface area contributed by atoms with Gasteiger partial charge >= 0.3 is 5.51 Å². The first-order valence-corrected chi connectivity index (χ1v) is 5.73. The molecule has 0 aliphatic carbocycles. The number of halogens is 3. The summed E-state index contributed by atoms with van der Waals surface area (Å²) in [4.78, 5) is 0. The second-order valence-corrected chi connectivity index (χ2v) is 4.74. The molecule has 14 heavy (non-hydrogen) atoms. The summed E-state index contributed by atoms with van der Waals surface area (Å²) in [5.74, 6) is 0.630. The average Bonchev–Trinajstić information content (AvgIpc) is 2.01. The van der Waals surface area contributed by atoms with E-state index in [4.69, 9.17) is 0 Å². The Balaban J connectivity index is 3.52. The molecule has 0 radical (unpaired) electrons. The lowest BCUT2D eigenvalue weighted by atomic mass is 10.0. The van der Waals surface area contributed by atoms with E-state index >= 15 is 0 Å². The normalized spacial score (nSPS) is 14.8. The van der Waals surface area contributed by atoms with Crippen molar-refractivity contribution in [2.75, 3.05) is 12.8 Å². The van der Waals surface area contributed by atoms with Gasteiger partial charge in [-0.25, -0.2) is 0 Å². The van der Waals surface area contributed by atoms with Crippen LogP contribution in [-0.2, 0) is 0 Å². The minimum Gasteiger partial charge on any atom is -0.317 e. The fourth-order valence-electron chi connectivity index (χ4n) is 1.30. The monoisotopic (exact) mass is 229 g/mol. The molecule has 0 aliphatic heterocycles. The summed E-state index contributed by atoms with van der Waals surface area (Å²) in [5.41, 5.74) is -4.08. The van der Waals surface area contributed by atoms with E-state index in [1.54, 1.807) is 0 Å². The fourth-order valence-corrected chi connectivity index (χ4v) is 1.84. The Kier molecular flexibility index (Phi) is 6.61. The molecule has 0 rings (SSSR count). The highest BCUT2D eigenvalue weighted by atomic mass is 32.2. The molecule has 0 aromatic carbocycles. The summed E-state index contributed by atoms with van der Waals surface area (Å²) in [6.45, 7) is 4.14. The van der Waals surface area contributed by atoms with E-state index in [0.29, 0.717) is 18.4 Å². The summed E-state index contributed by atoms with van der Waals surface area (Å²) in [5, 5.41) is 3.11. The molecule has 1 nitrogen and oxygen atoms in total. The number of hydrogen-bond acceptors (Lipinski definition) is 2. The van der Waals surface area contributed by atoms with Gasteiger partial charge in [-0.3, -0.25) is 0 Å². The highest BCUT2D eigenvalue weighted by Crippen LogP contribution is 2.30. The van der Waals surface area contributed by atoms with Crippen LogP contribution in [0.15, 0.2) is 0 Å². The Labute approximate surface area is 87.8 Å². The molecule has 0 aliphatic rings. The maximum atomic E-state index is 11.8. The molecule has 0 bridgehead atoms. The summed E-state index contributed by atoms with van der Waals surface area (Å²) in [6.07, 6.45) is 1.41. The van der Waals surface area contributed by atoms with Gasteiger partial charge in [0, 0.05) is 11.8 Å². The second-order valence-electron chi connectivity index (χ2n) is 3.58. The molecule has 1 unspecified atom stereocenters. The van der Waals surface area contributed by atoms with Crippen molar-refractivity contribution in [3.8, 4) is 0 Å². The Bertz CT molecular complexity index is 147. The summed E-state index contributed by atoms with van der Waals surface area (Å²) < 4.78 is 35.3. The molecule has 1 atom stereocenters. The maximum absolute atomic E-state index is 11.8. The van der Waals surface area contributed by atoms with Crippen molar-refractivity contribution in [1.82, 2.24) is 5.32 Å². The zero-order valence-corrected chi connectivity index (χ0v) is 9.63. The van der Waals surface area contributed by atoms with Crippen LogP contribution in [0.1, 0.15) is 26.7 Å². The SMILES string of the molecule is CNC(CCCSC(F)(F)F)C(C)C. The number of hydrogen-bond donors (Lipinski definition) is 1. The van der Waals surface area contributed by atoms with E-state index < -0.39 is 5.51 Å². The lowest BCUT2D eigenvalue weighted by Gasteiger charge is -2.19. The maximum Gasteiger partial charge on any atom is 0.441 e. The van der Waals surface area contributed by atoms with Crippen LogP contribution in [0.3, 0.4) is 0 Å². The molecular weight excluding hydrogens is 211 g/mol. The van der Waals surface area contributed by atoms with Crippen molar-refractivity contribution in [2.24, 2.45) is 5.92 Å². The van der Waals surface area contributed by atoms with Gasteiger partial charge in [0.1, 0.15) is 0 Å². The van der Waals surface area contributed by atoms with E-state index in [2.05, 4.69) is 19.2 Å². The highest BCUT2D eigenvalue weighted by Gasteiger charge is 2.27. The van der Waals surface area contributed by atoms with Crippen LogP contribution in [0.4, 0.5) is 13.2 Å². The lowest BCUT2D eigenvalue weighted by Crippen LogP contribution is -2.30. The standard InChI is InChI=1S/C9H18F3NS/c1-7(2)8(13-3)5-4-6-14-9(10,11)12/h7-8,13H,4-6H2,1-3H3. The first kappa shape index (κ1) is 14.1. The number of nitrogens with one attached hydrogen (secondary N) is 1. The Morgan fingerprint density at radius 1 is 1.29 bits per heavy atom. The van der Waals surface area contributed by atoms with Crippen LogP contribution in [0, 0.1) is 5.92 Å². The van der Waals surface area contributed by atoms with E-state index in [0.717, 1.165) is 6.42 Å². The summed E-state index contributed by atoms with van der Waals surface area (Å²) in [7, 11) is 1.85. The third kappa shape index (κ3) is 7.50. The molecule has 0 heterocycles. The van der Waals surface area contributed by atoms with E-state index in [9.17, 15) is 13.2 Å². The van der Waals surface area contributed by atoms with Crippen molar-refractivity contribution in [1.29, 1.82) is 0 Å². The molecule has 5 heteroatoms. The fraction of sp³-hybridized carbons (Fsp3) is 1.00. The van der Waals surface area contributed by atoms with E-state index in [-0.39, 0.29) is 17.5 Å². The Morgan fingerprint density at radius 2 is 1.86 bits per heavy atom. The molecule has 0 saturated carbocycles. The van der Waals surface area contributed by atoms with Crippen LogP contribution in [0.5, 0.6) is 0 Å². The third-order valence-corrected chi connectivity index (χ3v) is 2.92. The molecular formula is C9H18F3NS. The Morgan fingerprint density at radius 3 is 2.21 bits per heavy atom. The van der Waals surface area contributed by atoms with Gasteiger partial charge in [0.2, 0.25) is 0 Å². The number of alkyl halides is 3. The van der Waals surface area contributed by atoms with Crippen molar-refractivity contribution in [3.05, 3.63) is 0 Å². The highest BCUT2D eigenvalue weighted by molar-refractivity contribution is 8.00. The third-order valence-electron chi connectivity index (χ3n) is 2.10. The quantitative estimate of drug-likeness (QED) is 0.702. The number of thioether (sulfide) groups is 1. The van der Waals surface area contributed by atoms with Gasteiger partial charge in [-0.05, 0) is 25.8 Å². The van der Waals surface area contributed by atoms with Crippen LogP contribution < -0.4 is 5.32 Å². The summed E-state index contributed by atoms with van der Waals surface area (Å²) in [6, 6.07) is 0.323. The van der Waals surface area contributed by atoms with E-state index in [1.165, 1.54) is 0 Å². The van der Waals surface area contributed by atoms with Gasteiger partial charge in [0.15, 0.2) is 0 Å². The smallest absolute Gasteiger partial charge is 0.317 e. The van der Waals surface area contributed by atoms with Crippen LogP contribution in [-0.4, -0.2) is 24.4 Å². The van der Waals surface area contributed by atoms with Crippen LogP contribution >= 0.6 is 11.8 Å². The van der Waals surface area contributed by atoms with Crippen molar-refractivity contribution < 1.29 is 13.2 Å². The molecule has 0 aromatic rings. The molecule has 0 spiro atoms. The lowest BCUT2D eigenvalue weighted by molar-refractivity contribution is -0.0328. The van der Waals surface area contributed by atoms with Crippen molar-refractivity contribution >= 4 is 11.8 Å². The topological polar surface area (TPSA) is 12.0 Å². The average molecular weight is 229 g/mol. The molecule has 0 saturated heterocycles. The molecule has 0 amide bonds. The first-order chi connectivity index (χ1) is 6.37. The molecule has 0 aromatic heterocycles. The zero-order chi connectivity index (χ0) is 11.2. The minimum absolute atomic E-state index is 0.0700.